The molecule has 0 aliphatic heterocycles. The molecular weight excluding hydrogens is 428 g/mol. The largest absolute Gasteiger partial charge is 0.480 e. The van der Waals surface area contributed by atoms with Gasteiger partial charge in [-0.05, 0) is 12.3 Å². The van der Waals surface area contributed by atoms with Crippen LogP contribution in [0.15, 0.2) is 12.5 Å². The van der Waals surface area contributed by atoms with Gasteiger partial charge in [0.05, 0.1) is 12.9 Å². The minimum atomic E-state index is -1.25. The van der Waals surface area contributed by atoms with Gasteiger partial charge < -0.3 is 36.9 Å². The molecule has 0 radical (unpaired) electrons. The van der Waals surface area contributed by atoms with Crippen LogP contribution in [0.1, 0.15) is 26.0 Å². The van der Waals surface area contributed by atoms with E-state index in [-0.39, 0.29) is 24.5 Å². The Morgan fingerprint density at radius 2 is 1.68 bits per heavy atom. The summed E-state index contributed by atoms with van der Waals surface area (Å²) in [4.78, 5) is 55.3. The van der Waals surface area contributed by atoms with Crippen molar-refractivity contribution in [1.29, 1.82) is 0 Å². The fourth-order valence-electron chi connectivity index (χ4n) is 2.62. The number of aromatic amines is 1. The van der Waals surface area contributed by atoms with Crippen LogP contribution < -0.4 is 21.7 Å². The number of nitrogens with one attached hydrogen (secondary N) is 4. The monoisotopic (exact) mass is 458 g/mol. The smallest absolute Gasteiger partial charge is 0.326 e. The van der Waals surface area contributed by atoms with Gasteiger partial charge in [-0.15, -0.1) is 0 Å². The molecule has 31 heavy (non-hydrogen) atoms. The van der Waals surface area contributed by atoms with Crippen molar-refractivity contribution in [3.8, 4) is 0 Å². The van der Waals surface area contributed by atoms with Crippen LogP contribution in [-0.4, -0.2) is 80.4 Å². The predicted octanol–water partition coefficient (Wildman–Crippen LogP) is -2.21. The second kappa shape index (κ2) is 12.9. The number of carboxylic acids is 1. The minimum Gasteiger partial charge on any atom is -0.480 e. The number of aliphatic hydroxyl groups excluding tert-OH is 1. The van der Waals surface area contributed by atoms with Gasteiger partial charge in [0.2, 0.25) is 17.7 Å². The maximum absolute atomic E-state index is 12.7. The van der Waals surface area contributed by atoms with Crippen LogP contribution in [0.25, 0.3) is 0 Å². The molecule has 4 unspecified atom stereocenters. The number of amides is 3. The molecule has 12 nitrogen and oxygen atoms in total. The molecular formula is C18H30N6O6S. The zero-order chi connectivity index (χ0) is 23.6. The highest BCUT2D eigenvalue weighted by molar-refractivity contribution is 7.80. The number of aliphatic hydroxyl groups is 1. The highest BCUT2D eigenvalue weighted by Crippen LogP contribution is 2.07. The third-order valence-electron chi connectivity index (χ3n) is 4.28. The molecule has 1 heterocycles. The Hall–Kier alpha value is -2.64. The molecule has 1 rings (SSSR count). The fraction of sp³-hybridized carbons (Fsp3) is 0.611. The molecule has 13 heteroatoms. The van der Waals surface area contributed by atoms with Gasteiger partial charge in [0.25, 0.3) is 0 Å². The van der Waals surface area contributed by atoms with Crippen molar-refractivity contribution in [3.63, 3.8) is 0 Å². The van der Waals surface area contributed by atoms with Crippen molar-refractivity contribution in [2.24, 2.45) is 11.7 Å². The normalized spacial score (nSPS) is 14.9. The average Bonchev–Trinajstić information content (AvgIpc) is 3.22. The lowest BCUT2D eigenvalue weighted by Gasteiger charge is -2.25. The summed E-state index contributed by atoms with van der Waals surface area (Å²) < 4.78 is 0. The van der Waals surface area contributed by atoms with E-state index in [4.69, 9.17) is 10.8 Å². The first kappa shape index (κ1) is 26.4. The van der Waals surface area contributed by atoms with E-state index in [1.54, 1.807) is 0 Å². The Kier molecular flexibility index (Phi) is 11.0. The van der Waals surface area contributed by atoms with Gasteiger partial charge in [0.15, 0.2) is 0 Å². The third-order valence-corrected chi connectivity index (χ3v) is 4.65. The summed E-state index contributed by atoms with van der Waals surface area (Å²) in [6.07, 6.45) is 3.06. The summed E-state index contributed by atoms with van der Waals surface area (Å²) in [5, 5.41) is 25.7. The van der Waals surface area contributed by atoms with E-state index in [2.05, 4.69) is 38.5 Å². The molecule has 0 aliphatic carbocycles. The molecule has 3 amide bonds. The number of nitrogens with two attached hydrogens (primary N) is 1. The highest BCUT2D eigenvalue weighted by Gasteiger charge is 2.30. The number of hydrogen-bond acceptors (Lipinski definition) is 8. The van der Waals surface area contributed by atoms with Crippen LogP contribution in [-0.2, 0) is 25.6 Å². The van der Waals surface area contributed by atoms with E-state index in [0.29, 0.717) is 5.69 Å². The van der Waals surface area contributed by atoms with Crippen molar-refractivity contribution in [1.82, 2.24) is 25.9 Å². The maximum atomic E-state index is 12.7. The van der Waals surface area contributed by atoms with E-state index < -0.39 is 54.5 Å². The van der Waals surface area contributed by atoms with Crippen molar-refractivity contribution in [2.75, 3.05) is 12.4 Å². The van der Waals surface area contributed by atoms with Gasteiger partial charge in [-0.3, -0.25) is 14.4 Å². The molecule has 1 aromatic rings. The molecule has 0 fully saturated rings. The minimum absolute atomic E-state index is 0.0236. The standard InChI is InChI=1S/C18H30N6O6S/c1-9(2)3-12(22-15(26)11(19)6-25)16(27)24-14(7-31)17(28)23-13(18(29)30)4-10-5-20-8-21-10/h5,8-9,11-14,25,31H,3-4,6-7,19H2,1-2H3,(H,20,21)(H,22,26)(H,23,28)(H,24,27)(H,29,30). The number of nitrogens with zero attached hydrogens (tertiary/aromatic N) is 1. The van der Waals surface area contributed by atoms with Crippen LogP contribution in [0.5, 0.6) is 0 Å². The molecule has 1 aromatic heterocycles. The number of rotatable bonds is 13. The maximum Gasteiger partial charge on any atom is 0.326 e. The SMILES string of the molecule is CC(C)CC(NC(=O)C(N)CO)C(=O)NC(CS)C(=O)NC(Cc1cnc[nH]1)C(=O)O. The van der Waals surface area contributed by atoms with Gasteiger partial charge in [-0.25, -0.2) is 9.78 Å². The molecule has 174 valence electrons. The van der Waals surface area contributed by atoms with Crippen LogP contribution >= 0.6 is 12.6 Å². The lowest BCUT2D eigenvalue weighted by Crippen LogP contribution is -2.58. The zero-order valence-electron chi connectivity index (χ0n) is 17.4. The molecule has 0 aromatic carbocycles. The Bertz CT molecular complexity index is 744. The number of thiol groups is 1. The second-order valence-corrected chi connectivity index (χ2v) is 7.77. The Morgan fingerprint density at radius 1 is 1.10 bits per heavy atom. The summed E-state index contributed by atoms with van der Waals surface area (Å²) in [5.74, 6) is -3.43. The predicted molar refractivity (Wildman–Crippen MR) is 114 cm³/mol. The van der Waals surface area contributed by atoms with Crippen LogP contribution in [0.2, 0.25) is 0 Å². The number of imidazole rings is 1. The van der Waals surface area contributed by atoms with Crippen LogP contribution in [0.3, 0.4) is 0 Å². The van der Waals surface area contributed by atoms with Crippen molar-refractivity contribution in [3.05, 3.63) is 18.2 Å². The molecule has 0 aliphatic rings. The lowest BCUT2D eigenvalue weighted by atomic mass is 10.0. The lowest BCUT2D eigenvalue weighted by molar-refractivity contribution is -0.142. The van der Waals surface area contributed by atoms with Gasteiger partial charge in [-0.1, -0.05) is 13.8 Å². The summed E-state index contributed by atoms with van der Waals surface area (Å²) >= 11 is 4.07. The van der Waals surface area contributed by atoms with E-state index in [1.807, 2.05) is 13.8 Å². The van der Waals surface area contributed by atoms with Gasteiger partial charge in [0, 0.05) is 24.1 Å². The molecule has 0 saturated heterocycles. The van der Waals surface area contributed by atoms with E-state index in [0.717, 1.165) is 0 Å². The number of H-pyrrole nitrogens is 1. The number of aromatic nitrogens is 2. The van der Waals surface area contributed by atoms with Gasteiger partial charge in [0.1, 0.15) is 24.2 Å². The average molecular weight is 459 g/mol. The quantitative estimate of drug-likeness (QED) is 0.152. The highest BCUT2D eigenvalue weighted by atomic mass is 32.1. The van der Waals surface area contributed by atoms with Crippen LogP contribution in [0.4, 0.5) is 0 Å². The number of hydrogen-bond donors (Lipinski definition) is 8. The first-order valence-corrected chi connectivity index (χ1v) is 10.3. The van der Waals surface area contributed by atoms with Crippen molar-refractivity contribution in [2.45, 2.75) is 50.9 Å². The molecule has 8 N–H and O–H groups in total. The molecule has 0 saturated carbocycles. The summed E-state index contributed by atoms with van der Waals surface area (Å²) in [7, 11) is 0. The molecule has 0 bridgehead atoms. The number of carbonyl (C=O) groups is 4. The topological polar surface area (TPSA) is 200 Å². The summed E-state index contributed by atoms with van der Waals surface area (Å²) in [5.41, 5.74) is 5.99. The zero-order valence-corrected chi connectivity index (χ0v) is 18.3. The van der Waals surface area contributed by atoms with Crippen LogP contribution in [0, 0.1) is 5.92 Å². The fourth-order valence-corrected chi connectivity index (χ4v) is 2.88. The van der Waals surface area contributed by atoms with E-state index >= 15 is 0 Å². The third kappa shape index (κ3) is 8.94. The van der Waals surface area contributed by atoms with E-state index in [9.17, 15) is 24.3 Å². The van der Waals surface area contributed by atoms with Gasteiger partial charge in [-0.2, -0.15) is 12.6 Å². The summed E-state index contributed by atoms with van der Waals surface area (Å²) in [6.45, 7) is 3.10. The number of carbonyl (C=O) groups excluding carboxylic acids is 3. The van der Waals surface area contributed by atoms with Crippen molar-refractivity contribution < 1.29 is 29.4 Å². The second-order valence-electron chi connectivity index (χ2n) is 7.40. The Labute approximate surface area is 185 Å². The Morgan fingerprint density at radius 3 is 2.16 bits per heavy atom. The number of carboxylic acid groups (broad SMARTS) is 1. The summed E-state index contributed by atoms with van der Waals surface area (Å²) in [6, 6.07) is -4.58. The Balaban J connectivity index is 2.83. The van der Waals surface area contributed by atoms with Crippen molar-refractivity contribution >= 4 is 36.3 Å². The van der Waals surface area contributed by atoms with Gasteiger partial charge >= 0.3 is 5.97 Å². The van der Waals surface area contributed by atoms with E-state index in [1.165, 1.54) is 12.5 Å². The number of aliphatic carboxylic acids is 1. The molecule has 4 atom stereocenters. The molecule has 0 spiro atoms. The first-order chi connectivity index (χ1) is 14.6. The first-order valence-electron chi connectivity index (χ1n) is 9.67.